The van der Waals surface area contributed by atoms with Crippen LogP contribution >= 0.6 is 0 Å². The number of ether oxygens (including phenoxy) is 1. The van der Waals surface area contributed by atoms with Gasteiger partial charge >= 0.3 is 0 Å². The van der Waals surface area contributed by atoms with Crippen molar-refractivity contribution < 1.29 is 4.74 Å². The zero-order valence-electron chi connectivity index (χ0n) is 15.2. The third-order valence-corrected chi connectivity index (χ3v) is 5.69. The maximum Gasteiger partial charge on any atom is 0.165 e. The SMILES string of the molecule is Cc1ccc2cc1-c1cnn3ccc(nc13)N(C)[C@@H]1CCN(CCO2)C1. The molecule has 2 aliphatic rings. The lowest BCUT2D eigenvalue weighted by atomic mass is 10.0. The predicted molar refractivity (Wildman–Crippen MR) is 102 cm³/mol. The Morgan fingerprint density at radius 3 is 3.00 bits per heavy atom. The zero-order valence-corrected chi connectivity index (χ0v) is 15.2. The van der Waals surface area contributed by atoms with Gasteiger partial charge < -0.3 is 9.64 Å². The Hall–Kier alpha value is -2.60. The minimum atomic E-state index is 0.485. The summed E-state index contributed by atoms with van der Waals surface area (Å²) in [6.45, 7) is 5.95. The van der Waals surface area contributed by atoms with Crippen molar-refractivity contribution >= 4 is 11.5 Å². The van der Waals surface area contributed by atoms with Gasteiger partial charge in [-0.05, 0) is 42.7 Å². The second-order valence-electron chi connectivity index (χ2n) is 7.29. The van der Waals surface area contributed by atoms with Crippen molar-refractivity contribution in [1.29, 1.82) is 0 Å². The Bertz CT molecular complexity index is 966. The summed E-state index contributed by atoms with van der Waals surface area (Å²) >= 11 is 0. The van der Waals surface area contributed by atoms with Gasteiger partial charge in [0.05, 0.1) is 6.20 Å². The molecule has 26 heavy (non-hydrogen) atoms. The number of nitrogens with zero attached hydrogens (tertiary/aromatic N) is 5. The van der Waals surface area contributed by atoms with Crippen molar-refractivity contribution in [3.05, 3.63) is 42.2 Å². The molecule has 2 aliphatic heterocycles. The number of hydrogen-bond acceptors (Lipinski definition) is 5. The van der Waals surface area contributed by atoms with E-state index < -0.39 is 0 Å². The minimum Gasteiger partial charge on any atom is -0.492 e. The topological polar surface area (TPSA) is 45.9 Å². The van der Waals surface area contributed by atoms with Crippen LogP contribution in [0.4, 0.5) is 5.82 Å². The Balaban J connectivity index is 1.69. The van der Waals surface area contributed by atoms with E-state index in [0.29, 0.717) is 12.6 Å². The monoisotopic (exact) mass is 349 g/mol. The van der Waals surface area contributed by atoms with Crippen LogP contribution < -0.4 is 9.64 Å². The lowest BCUT2D eigenvalue weighted by molar-refractivity contribution is 0.236. The summed E-state index contributed by atoms with van der Waals surface area (Å²) in [6.07, 6.45) is 5.07. The van der Waals surface area contributed by atoms with Gasteiger partial charge in [0.25, 0.3) is 0 Å². The number of anilines is 1. The van der Waals surface area contributed by atoms with Crippen LogP contribution in [-0.2, 0) is 0 Å². The average molecular weight is 349 g/mol. The molecule has 0 saturated carbocycles. The summed E-state index contributed by atoms with van der Waals surface area (Å²) in [5.41, 5.74) is 4.27. The highest BCUT2D eigenvalue weighted by Gasteiger charge is 2.27. The number of likely N-dealkylation sites (N-methyl/N-ethyl adjacent to an activating group) is 1. The molecule has 6 bridgehead atoms. The lowest BCUT2D eigenvalue weighted by Gasteiger charge is -2.26. The fraction of sp³-hybridized carbons (Fsp3) is 0.400. The Morgan fingerprint density at radius 1 is 1.15 bits per heavy atom. The van der Waals surface area contributed by atoms with Crippen LogP contribution in [0.15, 0.2) is 36.7 Å². The van der Waals surface area contributed by atoms with E-state index in [9.17, 15) is 0 Å². The van der Waals surface area contributed by atoms with Crippen LogP contribution in [0.5, 0.6) is 5.75 Å². The largest absolute Gasteiger partial charge is 0.492 e. The summed E-state index contributed by atoms with van der Waals surface area (Å²) in [5, 5.41) is 4.50. The van der Waals surface area contributed by atoms with E-state index >= 15 is 0 Å². The number of aryl methyl sites for hydroxylation is 1. The van der Waals surface area contributed by atoms with Gasteiger partial charge in [-0.3, -0.25) is 4.90 Å². The van der Waals surface area contributed by atoms with Crippen LogP contribution in [0.25, 0.3) is 16.8 Å². The van der Waals surface area contributed by atoms with Gasteiger partial charge in [0, 0.05) is 44.5 Å². The second-order valence-corrected chi connectivity index (χ2v) is 7.29. The third kappa shape index (κ3) is 2.52. The standard InChI is InChI=1S/C20H23N5O/c1-14-3-4-16-11-17(14)18-12-21-25-8-6-19(22-20(18)25)23(2)15-5-7-24(13-15)9-10-26-16/h3-4,6,8,11-12,15H,5,7,9-10,13H2,1-2H3/t15-/m1/s1. The van der Waals surface area contributed by atoms with Gasteiger partial charge in [0.1, 0.15) is 18.2 Å². The van der Waals surface area contributed by atoms with E-state index in [4.69, 9.17) is 9.72 Å². The van der Waals surface area contributed by atoms with Crippen molar-refractivity contribution in [2.75, 3.05) is 38.2 Å². The van der Waals surface area contributed by atoms with Crippen LogP contribution in [0.2, 0.25) is 0 Å². The van der Waals surface area contributed by atoms with E-state index in [2.05, 4.69) is 53.1 Å². The van der Waals surface area contributed by atoms with Gasteiger partial charge in [-0.2, -0.15) is 5.10 Å². The maximum atomic E-state index is 6.05. The first-order valence-electron chi connectivity index (χ1n) is 9.22. The van der Waals surface area contributed by atoms with E-state index in [0.717, 1.165) is 54.4 Å². The van der Waals surface area contributed by atoms with E-state index in [1.165, 1.54) is 5.56 Å². The fourth-order valence-corrected chi connectivity index (χ4v) is 4.04. The molecule has 2 atom stereocenters. The van der Waals surface area contributed by atoms with Crippen molar-refractivity contribution in [3.63, 3.8) is 0 Å². The molecule has 4 heterocycles. The molecule has 0 aliphatic carbocycles. The molecule has 2 aromatic heterocycles. The summed E-state index contributed by atoms with van der Waals surface area (Å²) < 4.78 is 7.90. The molecule has 1 unspecified atom stereocenters. The summed E-state index contributed by atoms with van der Waals surface area (Å²) in [6, 6.07) is 8.82. The Labute approximate surface area is 153 Å². The summed E-state index contributed by atoms with van der Waals surface area (Å²) in [5.74, 6) is 1.92. The number of rotatable bonds is 0. The molecule has 1 fully saturated rings. The Kier molecular flexibility index (Phi) is 3.60. The molecule has 134 valence electrons. The first-order chi connectivity index (χ1) is 12.7. The molecule has 6 nitrogen and oxygen atoms in total. The van der Waals surface area contributed by atoms with Crippen molar-refractivity contribution in [3.8, 4) is 16.9 Å². The van der Waals surface area contributed by atoms with Gasteiger partial charge in [-0.1, -0.05) is 6.07 Å². The van der Waals surface area contributed by atoms with E-state index in [-0.39, 0.29) is 0 Å². The molecule has 5 rings (SSSR count). The van der Waals surface area contributed by atoms with Crippen molar-refractivity contribution in [1.82, 2.24) is 19.5 Å². The number of fused-ring (bicyclic) bond motifs is 6. The summed E-state index contributed by atoms with van der Waals surface area (Å²) in [4.78, 5) is 9.75. The van der Waals surface area contributed by atoms with Gasteiger partial charge in [-0.25, -0.2) is 9.50 Å². The quantitative estimate of drug-likeness (QED) is 0.624. The van der Waals surface area contributed by atoms with Gasteiger partial charge in [-0.15, -0.1) is 0 Å². The van der Waals surface area contributed by atoms with Crippen LogP contribution in [0.3, 0.4) is 0 Å². The van der Waals surface area contributed by atoms with Gasteiger partial charge in [0.15, 0.2) is 5.65 Å². The highest BCUT2D eigenvalue weighted by atomic mass is 16.5. The zero-order chi connectivity index (χ0) is 17.7. The highest BCUT2D eigenvalue weighted by Crippen LogP contribution is 2.31. The smallest absolute Gasteiger partial charge is 0.165 e. The molecule has 0 N–H and O–H groups in total. The van der Waals surface area contributed by atoms with E-state index in [1.807, 2.05) is 16.9 Å². The number of benzene rings is 1. The number of aromatic nitrogens is 3. The Morgan fingerprint density at radius 2 is 2.08 bits per heavy atom. The van der Waals surface area contributed by atoms with E-state index in [1.54, 1.807) is 0 Å². The molecule has 0 amide bonds. The third-order valence-electron chi connectivity index (χ3n) is 5.69. The first kappa shape index (κ1) is 15.6. The minimum absolute atomic E-state index is 0.485. The average Bonchev–Trinajstić information content (AvgIpc) is 3.28. The van der Waals surface area contributed by atoms with Crippen molar-refractivity contribution in [2.45, 2.75) is 19.4 Å². The molecular formula is C20H23N5O. The van der Waals surface area contributed by atoms with Crippen LogP contribution in [-0.4, -0.2) is 58.8 Å². The normalized spacial score (nSPS) is 22.5. The first-order valence-corrected chi connectivity index (χ1v) is 9.22. The van der Waals surface area contributed by atoms with Crippen LogP contribution in [0, 0.1) is 6.92 Å². The molecule has 0 radical (unpaired) electrons. The highest BCUT2D eigenvalue weighted by molar-refractivity contribution is 5.80. The molecule has 0 spiro atoms. The lowest BCUT2D eigenvalue weighted by Crippen LogP contribution is -2.36. The molecule has 6 heteroatoms. The van der Waals surface area contributed by atoms with Gasteiger partial charge in [0.2, 0.25) is 0 Å². The number of hydrogen-bond donors (Lipinski definition) is 0. The predicted octanol–water partition coefficient (Wildman–Crippen LogP) is 2.61. The molecule has 3 aromatic rings. The summed E-state index contributed by atoms with van der Waals surface area (Å²) in [7, 11) is 2.15. The van der Waals surface area contributed by atoms with Crippen LogP contribution in [0.1, 0.15) is 12.0 Å². The molecular weight excluding hydrogens is 326 g/mol. The molecule has 1 aromatic carbocycles. The maximum absolute atomic E-state index is 6.05. The van der Waals surface area contributed by atoms with Crippen molar-refractivity contribution in [2.24, 2.45) is 0 Å². The molecule has 1 saturated heterocycles. The fourth-order valence-electron chi connectivity index (χ4n) is 4.04. The second kappa shape index (κ2) is 5.99.